The Bertz CT molecular complexity index is 556. The van der Waals surface area contributed by atoms with Gasteiger partial charge in [0, 0.05) is 22.5 Å². The first-order chi connectivity index (χ1) is 8.63. The summed E-state index contributed by atoms with van der Waals surface area (Å²) < 4.78 is 0. The van der Waals surface area contributed by atoms with E-state index in [-0.39, 0.29) is 5.91 Å². The lowest BCUT2D eigenvalue weighted by molar-refractivity contribution is -0.116. The molecule has 0 saturated heterocycles. The van der Waals surface area contributed by atoms with Gasteiger partial charge in [0.15, 0.2) is 5.13 Å². The molecular formula is C12H12ClN3OS. The number of nitrogens with zero attached hydrogens (tertiary/aromatic N) is 1. The predicted octanol–water partition coefficient (Wildman–Crippen LogP) is 2.95. The maximum Gasteiger partial charge on any atom is 0.224 e. The van der Waals surface area contributed by atoms with Gasteiger partial charge in [-0.1, -0.05) is 17.7 Å². The molecule has 0 aliphatic carbocycles. The second-order valence-corrected chi connectivity index (χ2v) is 5.06. The summed E-state index contributed by atoms with van der Waals surface area (Å²) in [6, 6.07) is 7.05. The van der Waals surface area contributed by atoms with Crippen LogP contribution in [0.2, 0.25) is 5.02 Å². The van der Waals surface area contributed by atoms with Crippen molar-refractivity contribution < 1.29 is 4.79 Å². The van der Waals surface area contributed by atoms with Gasteiger partial charge >= 0.3 is 0 Å². The van der Waals surface area contributed by atoms with E-state index in [1.807, 2.05) is 5.38 Å². The summed E-state index contributed by atoms with van der Waals surface area (Å²) in [5, 5.41) is 5.77. The second kappa shape index (κ2) is 5.84. The van der Waals surface area contributed by atoms with Crippen molar-refractivity contribution in [1.82, 2.24) is 4.98 Å². The molecule has 2 aromatic rings. The number of hydrogen-bond acceptors (Lipinski definition) is 4. The molecule has 1 heterocycles. The average Bonchev–Trinajstić information content (AvgIpc) is 2.73. The molecule has 2 rings (SSSR count). The Morgan fingerprint density at radius 3 is 3.00 bits per heavy atom. The van der Waals surface area contributed by atoms with Gasteiger partial charge in [-0.2, -0.15) is 0 Å². The number of aryl methyl sites for hydroxylation is 1. The normalized spacial score (nSPS) is 10.3. The third-order valence-electron chi connectivity index (χ3n) is 2.29. The lowest BCUT2D eigenvalue weighted by Crippen LogP contribution is -2.12. The monoisotopic (exact) mass is 281 g/mol. The molecule has 0 atom stereocenters. The summed E-state index contributed by atoms with van der Waals surface area (Å²) in [7, 11) is 0. The van der Waals surface area contributed by atoms with Gasteiger partial charge < -0.3 is 11.1 Å². The number of aromatic nitrogens is 1. The van der Waals surface area contributed by atoms with E-state index in [0.717, 1.165) is 5.69 Å². The molecule has 3 N–H and O–H groups in total. The van der Waals surface area contributed by atoms with Gasteiger partial charge in [0.1, 0.15) is 0 Å². The Kier molecular flexibility index (Phi) is 4.17. The molecule has 94 valence electrons. The molecule has 1 aromatic carbocycles. The Hall–Kier alpha value is -1.59. The van der Waals surface area contributed by atoms with Gasteiger partial charge in [-0.25, -0.2) is 4.98 Å². The first-order valence-corrected chi connectivity index (χ1v) is 6.64. The van der Waals surface area contributed by atoms with Crippen molar-refractivity contribution in [3.63, 3.8) is 0 Å². The molecule has 0 bridgehead atoms. The van der Waals surface area contributed by atoms with E-state index >= 15 is 0 Å². The van der Waals surface area contributed by atoms with Crippen molar-refractivity contribution in [2.24, 2.45) is 0 Å². The third kappa shape index (κ3) is 3.72. The summed E-state index contributed by atoms with van der Waals surface area (Å²) >= 11 is 7.21. The number of carbonyl (C=O) groups excluding carboxylic acids is 1. The molecular weight excluding hydrogens is 270 g/mol. The fourth-order valence-corrected chi connectivity index (χ4v) is 2.26. The minimum atomic E-state index is -0.0659. The SMILES string of the molecule is Nc1nc(CCC(=O)Nc2cccc(Cl)c2)cs1. The van der Waals surface area contributed by atoms with E-state index in [4.69, 9.17) is 17.3 Å². The number of carbonyl (C=O) groups is 1. The highest BCUT2D eigenvalue weighted by atomic mass is 35.5. The lowest BCUT2D eigenvalue weighted by atomic mass is 10.2. The molecule has 0 unspecified atom stereocenters. The zero-order chi connectivity index (χ0) is 13.0. The standard InChI is InChI=1S/C12H12ClN3OS/c13-8-2-1-3-9(6-8)15-11(17)5-4-10-7-18-12(14)16-10/h1-3,6-7H,4-5H2,(H2,14,16)(H,15,17). The molecule has 1 aromatic heterocycles. The maximum absolute atomic E-state index is 11.7. The van der Waals surface area contributed by atoms with Gasteiger partial charge in [0.25, 0.3) is 0 Å². The van der Waals surface area contributed by atoms with Crippen LogP contribution < -0.4 is 11.1 Å². The van der Waals surface area contributed by atoms with Gasteiger partial charge in [0.2, 0.25) is 5.91 Å². The van der Waals surface area contributed by atoms with Crippen molar-refractivity contribution in [3.05, 3.63) is 40.4 Å². The number of thiazole rings is 1. The van der Waals surface area contributed by atoms with Crippen LogP contribution in [0.4, 0.5) is 10.8 Å². The average molecular weight is 282 g/mol. The number of amides is 1. The molecule has 0 aliphatic rings. The van der Waals surface area contributed by atoms with E-state index < -0.39 is 0 Å². The van der Waals surface area contributed by atoms with Crippen molar-refractivity contribution in [3.8, 4) is 0 Å². The summed E-state index contributed by atoms with van der Waals surface area (Å²) in [5.74, 6) is -0.0659. The Morgan fingerprint density at radius 1 is 1.50 bits per heavy atom. The summed E-state index contributed by atoms with van der Waals surface area (Å²) in [6.45, 7) is 0. The number of hydrogen-bond donors (Lipinski definition) is 2. The van der Waals surface area contributed by atoms with Crippen LogP contribution in [0, 0.1) is 0 Å². The molecule has 0 radical (unpaired) electrons. The maximum atomic E-state index is 11.7. The fourth-order valence-electron chi connectivity index (χ4n) is 1.47. The van der Waals surface area contributed by atoms with Crippen LogP contribution in [0.5, 0.6) is 0 Å². The summed E-state index contributed by atoms with van der Waals surface area (Å²) in [4.78, 5) is 15.8. The van der Waals surface area contributed by atoms with E-state index in [1.165, 1.54) is 11.3 Å². The number of halogens is 1. The Morgan fingerprint density at radius 2 is 2.33 bits per heavy atom. The molecule has 4 nitrogen and oxygen atoms in total. The minimum absolute atomic E-state index is 0.0659. The number of nitrogens with two attached hydrogens (primary N) is 1. The van der Waals surface area contributed by atoms with Crippen molar-refractivity contribution in [2.45, 2.75) is 12.8 Å². The quantitative estimate of drug-likeness (QED) is 0.905. The van der Waals surface area contributed by atoms with Gasteiger partial charge in [-0.15, -0.1) is 11.3 Å². The van der Waals surface area contributed by atoms with Crippen LogP contribution in [0.15, 0.2) is 29.6 Å². The summed E-state index contributed by atoms with van der Waals surface area (Å²) in [5.41, 5.74) is 7.06. The van der Waals surface area contributed by atoms with Gasteiger partial charge in [-0.3, -0.25) is 4.79 Å². The summed E-state index contributed by atoms with van der Waals surface area (Å²) in [6.07, 6.45) is 0.954. The van der Waals surface area contributed by atoms with Crippen LogP contribution in [0.1, 0.15) is 12.1 Å². The van der Waals surface area contributed by atoms with Crippen LogP contribution in [0.3, 0.4) is 0 Å². The molecule has 0 spiro atoms. The van der Waals surface area contributed by atoms with E-state index in [0.29, 0.717) is 28.7 Å². The molecule has 0 aliphatic heterocycles. The van der Waals surface area contributed by atoms with Crippen molar-refractivity contribution >= 4 is 39.7 Å². The Balaban J connectivity index is 1.85. The van der Waals surface area contributed by atoms with E-state index in [9.17, 15) is 4.79 Å². The number of anilines is 2. The second-order valence-electron chi connectivity index (χ2n) is 3.74. The number of benzene rings is 1. The van der Waals surface area contributed by atoms with Crippen molar-refractivity contribution in [1.29, 1.82) is 0 Å². The Labute approximate surface area is 114 Å². The highest BCUT2D eigenvalue weighted by Gasteiger charge is 2.05. The third-order valence-corrected chi connectivity index (χ3v) is 3.24. The topological polar surface area (TPSA) is 68.0 Å². The molecule has 1 amide bonds. The van der Waals surface area contributed by atoms with Crippen LogP contribution in [0.25, 0.3) is 0 Å². The minimum Gasteiger partial charge on any atom is -0.375 e. The van der Waals surface area contributed by atoms with Crippen LogP contribution in [-0.4, -0.2) is 10.9 Å². The fraction of sp³-hybridized carbons (Fsp3) is 0.167. The molecule has 0 saturated carbocycles. The van der Waals surface area contributed by atoms with Crippen LogP contribution in [-0.2, 0) is 11.2 Å². The highest BCUT2D eigenvalue weighted by molar-refractivity contribution is 7.13. The van der Waals surface area contributed by atoms with Crippen molar-refractivity contribution in [2.75, 3.05) is 11.1 Å². The molecule has 0 fully saturated rings. The largest absolute Gasteiger partial charge is 0.375 e. The zero-order valence-corrected chi connectivity index (χ0v) is 11.1. The van der Waals surface area contributed by atoms with E-state index in [1.54, 1.807) is 24.3 Å². The van der Waals surface area contributed by atoms with E-state index in [2.05, 4.69) is 10.3 Å². The molecule has 6 heteroatoms. The highest BCUT2D eigenvalue weighted by Crippen LogP contribution is 2.16. The number of nitrogens with one attached hydrogen (secondary N) is 1. The van der Waals surface area contributed by atoms with Gasteiger partial charge in [-0.05, 0) is 24.6 Å². The molecule has 18 heavy (non-hydrogen) atoms. The zero-order valence-electron chi connectivity index (χ0n) is 9.52. The first-order valence-electron chi connectivity index (χ1n) is 5.39. The number of rotatable bonds is 4. The predicted molar refractivity (Wildman–Crippen MR) is 74.9 cm³/mol. The van der Waals surface area contributed by atoms with Gasteiger partial charge in [0.05, 0.1) is 5.69 Å². The smallest absolute Gasteiger partial charge is 0.224 e. The lowest BCUT2D eigenvalue weighted by Gasteiger charge is -2.04. The number of nitrogen functional groups attached to an aromatic ring is 1. The van der Waals surface area contributed by atoms with Crippen LogP contribution >= 0.6 is 22.9 Å². The first kappa shape index (κ1) is 12.9.